The van der Waals surface area contributed by atoms with Crippen molar-refractivity contribution in [3.05, 3.63) is 67.8 Å². The number of benzene rings is 2. The quantitative estimate of drug-likeness (QED) is 0.440. The summed E-state index contributed by atoms with van der Waals surface area (Å²) in [6.07, 6.45) is 2.37. The van der Waals surface area contributed by atoms with E-state index in [0.717, 1.165) is 0 Å². The van der Waals surface area contributed by atoms with Gasteiger partial charge in [0, 0.05) is 9.35 Å². The summed E-state index contributed by atoms with van der Waals surface area (Å²) in [6, 6.07) is 13.4. The molecule has 1 heterocycles. The molecule has 1 atom stereocenters. The molecule has 0 fully saturated rings. The maximum atomic E-state index is 3.90. The zero-order valence-electron chi connectivity index (χ0n) is 10.7. The number of hydrogen-bond acceptors (Lipinski definition) is 1. The van der Waals surface area contributed by atoms with Gasteiger partial charge in [-0.05, 0) is 67.7 Å². The molecule has 0 radical (unpaired) electrons. The summed E-state index contributed by atoms with van der Waals surface area (Å²) < 4.78 is 1.19. The summed E-state index contributed by atoms with van der Waals surface area (Å²) in [4.78, 5) is 1.59. The van der Waals surface area contributed by atoms with Gasteiger partial charge in [-0.3, -0.25) is 0 Å². The Bertz CT molecular complexity index is 794. The minimum atomic E-state index is 0.252. The summed E-state index contributed by atoms with van der Waals surface area (Å²) in [5, 5.41) is 5.02. The summed E-state index contributed by atoms with van der Waals surface area (Å²) in [5.74, 6) is 0. The predicted molar refractivity (Wildman–Crippen MR) is 94.1 cm³/mol. The van der Waals surface area contributed by atoms with Crippen molar-refractivity contribution in [2.45, 2.75) is 17.7 Å². The molecule has 1 aliphatic rings. The van der Waals surface area contributed by atoms with Gasteiger partial charge in [-0.25, -0.2) is 0 Å². The zero-order valence-corrected chi connectivity index (χ0v) is 14.7. The van der Waals surface area contributed by atoms with Crippen LogP contribution in [-0.2, 0) is 12.8 Å². The van der Waals surface area contributed by atoms with Crippen LogP contribution in [-0.4, -0.2) is 0 Å². The highest BCUT2D eigenvalue weighted by Crippen LogP contribution is 2.43. The monoisotopic (exact) mass is 406 g/mol. The number of aryl methyl sites for hydroxylation is 2. The van der Waals surface area contributed by atoms with Crippen LogP contribution in [0.5, 0.6) is 0 Å². The van der Waals surface area contributed by atoms with Gasteiger partial charge in [-0.15, -0.1) is 11.3 Å². The summed E-state index contributed by atoms with van der Waals surface area (Å²) in [7, 11) is 0. The molecular weight excluding hydrogens is 396 g/mol. The second-order valence-electron chi connectivity index (χ2n) is 5.15. The van der Waals surface area contributed by atoms with Gasteiger partial charge >= 0.3 is 0 Å². The average Bonchev–Trinajstić information content (AvgIpc) is 3.07. The third-order valence-corrected chi connectivity index (χ3v) is 7.25. The van der Waals surface area contributed by atoms with E-state index in [4.69, 9.17) is 0 Å². The molecule has 100 valence electrons. The highest BCUT2D eigenvalue weighted by molar-refractivity contribution is 9.11. The third-order valence-electron chi connectivity index (χ3n) is 4.06. The molecule has 0 aliphatic heterocycles. The van der Waals surface area contributed by atoms with Gasteiger partial charge in [0.25, 0.3) is 0 Å². The second-order valence-corrected chi connectivity index (χ2v) is 7.87. The molecular formula is C17H12Br2S. The first kappa shape index (κ1) is 13.1. The Morgan fingerprint density at radius 1 is 1.00 bits per heavy atom. The lowest BCUT2D eigenvalue weighted by Gasteiger charge is -2.14. The molecule has 0 N–H and O–H groups in total. The molecule has 4 rings (SSSR count). The molecule has 3 aromatic rings. The first-order chi connectivity index (χ1) is 9.75. The second kappa shape index (κ2) is 4.97. The Morgan fingerprint density at radius 2 is 1.80 bits per heavy atom. The summed E-state index contributed by atoms with van der Waals surface area (Å²) in [5.41, 5.74) is 4.38. The molecule has 20 heavy (non-hydrogen) atoms. The number of rotatable bonds is 2. The SMILES string of the molecule is Brc1ccsc1C(Br)c1ccc2c3c(cccc13)CC2. The summed E-state index contributed by atoms with van der Waals surface area (Å²) >= 11 is 9.34. The van der Waals surface area contributed by atoms with Crippen LogP contribution in [0.2, 0.25) is 0 Å². The molecule has 1 aromatic heterocycles. The number of alkyl halides is 1. The van der Waals surface area contributed by atoms with Crippen LogP contribution in [0.1, 0.15) is 26.4 Å². The van der Waals surface area contributed by atoms with Crippen molar-refractivity contribution < 1.29 is 0 Å². The van der Waals surface area contributed by atoms with E-state index < -0.39 is 0 Å². The zero-order chi connectivity index (χ0) is 13.7. The lowest BCUT2D eigenvalue weighted by atomic mass is 9.98. The molecule has 0 amide bonds. The lowest BCUT2D eigenvalue weighted by Crippen LogP contribution is -1.93. The molecule has 0 spiro atoms. The van der Waals surface area contributed by atoms with Crippen molar-refractivity contribution >= 4 is 54.0 Å². The number of halogens is 2. The number of thiophene rings is 1. The molecule has 3 heteroatoms. The highest BCUT2D eigenvalue weighted by Gasteiger charge is 2.21. The fourth-order valence-electron chi connectivity index (χ4n) is 3.12. The number of hydrogen-bond donors (Lipinski definition) is 0. The van der Waals surface area contributed by atoms with Crippen LogP contribution in [0.3, 0.4) is 0 Å². The van der Waals surface area contributed by atoms with E-state index in [1.807, 2.05) is 0 Å². The highest BCUT2D eigenvalue weighted by atomic mass is 79.9. The van der Waals surface area contributed by atoms with Crippen molar-refractivity contribution in [3.8, 4) is 0 Å². The van der Waals surface area contributed by atoms with Gasteiger partial charge in [0.2, 0.25) is 0 Å². The largest absolute Gasteiger partial charge is 0.146 e. The molecule has 1 unspecified atom stereocenters. The smallest absolute Gasteiger partial charge is 0.0755 e. The van der Waals surface area contributed by atoms with Crippen LogP contribution in [0.15, 0.2) is 46.3 Å². The fraction of sp³-hybridized carbons (Fsp3) is 0.176. The van der Waals surface area contributed by atoms with Crippen molar-refractivity contribution in [2.75, 3.05) is 0 Å². The van der Waals surface area contributed by atoms with E-state index in [-0.39, 0.29) is 4.83 Å². The Morgan fingerprint density at radius 3 is 2.55 bits per heavy atom. The van der Waals surface area contributed by atoms with Gasteiger partial charge in [-0.2, -0.15) is 0 Å². The molecule has 1 aliphatic carbocycles. The normalized spacial score (nSPS) is 14.9. The topological polar surface area (TPSA) is 0 Å². The lowest BCUT2D eigenvalue weighted by molar-refractivity contribution is 1.02. The Kier molecular flexibility index (Phi) is 3.24. The van der Waals surface area contributed by atoms with Gasteiger partial charge in [0.05, 0.1) is 4.83 Å². The van der Waals surface area contributed by atoms with E-state index in [9.17, 15) is 0 Å². The van der Waals surface area contributed by atoms with Crippen LogP contribution in [0.25, 0.3) is 10.8 Å². The predicted octanol–water partition coefficient (Wildman–Crippen LogP) is 6.25. The van der Waals surface area contributed by atoms with E-state index in [1.54, 1.807) is 11.3 Å². The van der Waals surface area contributed by atoms with E-state index >= 15 is 0 Å². The van der Waals surface area contributed by atoms with Crippen LogP contribution in [0.4, 0.5) is 0 Å². The molecule has 0 nitrogen and oxygen atoms in total. The summed E-state index contributed by atoms with van der Waals surface area (Å²) in [6.45, 7) is 0. The maximum Gasteiger partial charge on any atom is 0.0755 e. The van der Waals surface area contributed by atoms with Crippen molar-refractivity contribution in [3.63, 3.8) is 0 Å². The minimum Gasteiger partial charge on any atom is -0.146 e. The maximum absolute atomic E-state index is 3.90. The van der Waals surface area contributed by atoms with E-state index in [2.05, 4.69) is 73.6 Å². The van der Waals surface area contributed by atoms with E-state index in [0.29, 0.717) is 0 Å². The van der Waals surface area contributed by atoms with Gasteiger partial charge in [0.1, 0.15) is 0 Å². The standard InChI is InChI=1S/C17H12Br2S/c18-14-8-9-20-17(14)16(19)13-7-6-11-5-4-10-2-1-3-12(13)15(10)11/h1-3,6-9,16H,4-5H2. The molecule has 0 saturated heterocycles. The van der Waals surface area contributed by atoms with Gasteiger partial charge in [0.15, 0.2) is 0 Å². The van der Waals surface area contributed by atoms with Crippen molar-refractivity contribution in [1.82, 2.24) is 0 Å². The Balaban J connectivity index is 1.96. The van der Waals surface area contributed by atoms with Gasteiger partial charge in [-0.1, -0.05) is 46.3 Å². The first-order valence-corrected chi connectivity index (χ1v) is 9.25. The Hall–Kier alpha value is -0.640. The molecule has 0 saturated carbocycles. The minimum absolute atomic E-state index is 0.252. The van der Waals surface area contributed by atoms with E-state index in [1.165, 1.54) is 49.7 Å². The average molecular weight is 408 g/mol. The molecule has 0 bridgehead atoms. The van der Waals surface area contributed by atoms with Crippen LogP contribution in [0, 0.1) is 0 Å². The first-order valence-electron chi connectivity index (χ1n) is 6.66. The fourth-order valence-corrected chi connectivity index (χ4v) is 5.99. The van der Waals surface area contributed by atoms with Crippen molar-refractivity contribution in [2.24, 2.45) is 0 Å². The van der Waals surface area contributed by atoms with Crippen molar-refractivity contribution in [1.29, 1.82) is 0 Å². The molecule has 2 aromatic carbocycles. The van der Waals surface area contributed by atoms with Gasteiger partial charge < -0.3 is 0 Å². The van der Waals surface area contributed by atoms with Crippen LogP contribution < -0.4 is 0 Å². The van der Waals surface area contributed by atoms with Crippen LogP contribution >= 0.6 is 43.2 Å². The third kappa shape index (κ3) is 1.91. The Labute approximate surface area is 139 Å².